The van der Waals surface area contributed by atoms with E-state index in [1.165, 1.54) is 31.2 Å². The van der Waals surface area contributed by atoms with E-state index in [9.17, 15) is 4.39 Å². The van der Waals surface area contributed by atoms with E-state index in [1.807, 2.05) is 6.07 Å². The fourth-order valence-electron chi connectivity index (χ4n) is 3.70. The molecular weight excluding hydrogens is 225 g/mol. The van der Waals surface area contributed by atoms with Gasteiger partial charge in [0.2, 0.25) is 0 Å². The molecule has 1 nitrogen and oxygen atoms in total. The summed E-state index contributed by atoms with van der Waals surface area (Å²) in [5.74, 6) is -0.00276. The monoisotopic (exact) mass is 247 g/mol. The van der Waals surface area contributed by atoms with Crippen LogP contribution in [-0.2, 0) is 13.0 Å². The molecule has 2 aliphatic rings. The summed E-state index contributed by atoms with van der Waals surface area (Å²) in [4.78, 5) is 2.65. The summed E-state index contributed by atoms with van der Waals surface area (Å²) in [5.41, 5.74) is 2.19. The molecule has 0 saturated heterocycles. The number of hydrogen-bond acceptors (Lipinski definition) is 1. The fourth-order valence-corrected chi connectivity index (χ4v) is 3.70. The van der Waals surface area contributed by atoms with Crippen LogP contribution in [0.25, 0.3) is 0 Å². The first-order valence-corrected chi connectivity index (χ1v) is 7.31. The van der Waals surface area contributed by atoms with Gasteiger partial charge in [0.05, 0.1) is 0 Å². The lowest BCUT2D eigenvalue weighted by Gasteiger charge is -2.40. The van der Waals surface area contributed by atoms with Crippen LogP contribution in [0.2, 0.25) is 0 Å². The van der Waals surface area contributed by atoms with E-state index in [0.29, 0.717) is 6.04 Å². The van der Waals surface area contributed by atoms with Crippen LogP contribution in [-0.4, -0.2) is 17.0 Å². The number of fused-ring (bicyclic) bond motifs is 1. The highest BCUT2D eigenvalue weighted by molar-refractivity contribution is 5.31. The van der Waals surface area contributed by atoms with Crippen molar-refractivity contribution in [3.8, 4) is 0 Å². The molecule has 0 N–H and O–H groups in total. The van der Waals surface area contributed by atoms with Crippen LogP contribution in [0.4, 0.5) is 4.39 Å². The van der Waals surface area contributed by atoms with Gasteiger partial charge in [-0.2, -0.15) is 0 Å². The topological polar surface area (TPSA) is 3.24 Å². The Morgan fingerprint density at radius 1 is 1.28 bits per heavy atom. The average molecular weight is 247 g/mol. The SMILES string of the molecule is CC[C@@H]1Cc2c(F)cccc2CN1C1CCCC1. The first-order chi connectivity index (χ1) is 8.79. The van der Waals surface area contributed by atoms with Crippen molar-refractivity contribution in [2.24, 2.45) is 0 Å². The summed E-state index contributed by atoms with van der Waals surface area (Å²) >= 11 is 0. The summed E-state index contributed by atoms with van der Waals surface area (Å²) in [6, 6.07) is 6.85. The van der Waals surface area contributed by atoms with E-state index in [4.69, 9.17) is 0 Å². The predicted octanol–water partition coefficient (Wildman–Crippen LogP) is 3.91. The molecule has 1 atom stereocenters. The third-order valence-corrected chi connectivity index (χ3v) is 4.74. The number of rotatable bonds is 2. The third kappa shape index (κ3) is 2.07. The Kier molecular flexibility index (Phi) is 3.38. The summed E-state index contributed by atoms with van der Waals surface area (Å²) in [7, 11) is 0. The van der Waals surface area contributed by atoms with E-state index in [-0.39, 0.29) is 5.82 Å². The Bertz CT molecular complexity index is 423. The van der Waals surface area contributed by atoms with E-state index in [0.717, 1.165) is 31.0 Å². The molecule has 0 radical (unpaired) electrons. The molecule has 98 valence electrons. The van der Waals surface area contributed by atoms with Crippen molar-refractivity contribution in [1.29, 1.82) is 0 Å². The summed E-state index contributed by atoms with van der Waals surface area (Å²) < 4.78 is 13.9. The Labute approximate surface area is 109 Å². The van der Waals surface area contributed by atoms with Crippen LogP contribution in [0.15, 0.2) is 18.2 Å². The first-order valence-electron chi connectivity index (χ1n) is 7.31. The number of benzene rings is 1. The second-order valence-corrected chi connectivity index (χ2v) is 5.75. The minimum Gasteiger partial charge on any atom is -0.293 e. The van der Waals surface area contributed by atoms with Gasteiger partial charge in [-0.05, 0) is 42.9 Å². The molecule has 18 heavy (non-hydrogen) atoms. The molecule has 0 bridgehead atoms. The van der Waals surface area contributed by atoms with Gasteiger partial charge >= 0.3 is 0 Å². The zero-order chi connectivity index (χ0) is 12.5. The van der Waals surface area contributed by atoms with Crippen LogP contribution >= 0.6 is 0 Å². The molecule has 1 aromatic rings. The Morgan fingerprint density at radius 3 is 2.78 bits per heavy atom. The van der Waals surface area contributed by atoms with Gasteiger partial charge in [0, 0.05) is 18.6 Å². The van der Waals surface area contributed by atoms with Crippen molar-refractivity contribution >= 4 is 0 Å². The molecule has 1 fully saturated rings. The highest BCUT2D eigenvalue weighted by Gasteiger charge is 2.32. The van der Waals surface area contributed by atoms with Crippen LogP contribution in [0.1, 0.15) is 50.2 Å². The van der Waals surface area contributed by atoms with Crippen LogP contribution in [0.3, 0.4) is 0 Å². The Morgan fingerprint density at radius 2 is 2.06 bits per heavy atom. The van der Waals surface area contributed by atoms with Gasteiger partial charge in [-0.15, -0.1) is 0 Å². The molecular formula is C16H22FN. The molecule has 0 spiro atoms. The molecule has 1 aliphatic carbocycles. The maximum absolute atomic E-state index is 13.9. The molecule has 0 amide bonds. The quantitative estimate of drug-likeness (QED) is 0.766. The van der Waals surface area contributed by atoms with Gasteiger partial charge in [0.1, 0.15) is 5.82 Å². The van der Waals surface area contributed by atoms with E-state index >= 15 is 0 Å². The Hall–Kier alpha value is -0.890. The standard InChI is InChI=1S/C16H22FN/c1-2-13-10-15-12(6-5-9-16(15)17)11-18(13)14-7-3-4-8-14/h5-6,9,13-14H,2-4,7-8,10-11H2,1H3/t13-/m1/s1. The molecule has 1 saturated carbocycles. The number of nitrogens with zero attached hydrogens (tertiary/aromatic N) is 1. The molecule has 1 aromatic carbocycles. The number of halogens is 1. The van der Waals surface area contributed by atoms with Gasteiger partial charge in [-0.3, -0.25) is 4.90 Å². The smallest absolute Gasteiger partial charge is 0.126 e. The molecule has 0 aromatic heterocycles. The van der Waals surface area contributed by atoms with Crippen molar-refractivity contribution in [2.75, 3.05) is 0 Å². The van der Waals surface area contributed by atoms with Gasteiger partial charge < -0.3 is 0 Å². The minimum atomic E-state index is -0.00276. The maximum atomic E-state index is 13.9. The molecule has 1 aliphatic heterocycles. The Balaban J connectivity index is 1.88. The molecule has 1 heterocycles. The zero-order valence-electron chi connectivity index (χ0n) is 11.2. The lowest BCUT2D eigenvalue weighted by Crippen LogP contribution is -2.45. The first kappa shape index (κ1) is 12.2. The van der Waals surface area contributed by atoms with E-state index in [2.05, 4.69) is 17.9 Å². The second-order valence-electron chi connectivity index (χ2n) is 5.75. The number of hydrogen-bond donors (Lipinski definition) is 0. The van der Waals surface area contributed by atoms with Gasteiger partial charge in [-0.1, -0.05) is 31.9 Å². The summed E-state index contributed by atoms with van der Waals surface area (Å²) in [5, 5.41) is 0. The molecule has 2 heteroatoms. The van der Waals surface area contributed by atoms with Crippen molar-refractivity contribution in [2.45, 2.75) is 64.1 Å². The highest BCUT2D eigenvalue weighted by Crippen LogP contribution is 2.33. The van der Waals surface area contributed by atoms with Crippen molar-refractivity contribution in [3.05, 3.63) is 35.1 Å². The fraction of sp³-hybridized carbons (Fsp3) is 0.625. The van der Waals surface area contributed by atoms with Crippen molar-refractivity contribution in [3.63, 3.8) is 0 Å². The normalized spacial score (nSPS) is 25.3. The lowest BCUT2D eigenvalue weighted by atomic mass is 9.90. The zero-order valence-corrected chi connectivity index (χ0v) is 11.2. The average Bonchev–Trinajstić information content (AvgIpc) is 2.91. The summed E-state index contributed by atoms with van der Waals surface area (Å²) in [6.07, 6.45) is 7.43. The second kappa shape index (κ2) is 5.00. The van der Waals surface area contributed by atoms with Gasteiger partial charge in [-0.25, -0.2) is 4.39 Å². The minimum absolute atomic E-state index is 0.00276. The van der Waals surface area contributed by atoms with Crippen LogP contribution in [0.5, 0.6) is 0 Å². The lowest BCUT2D eigenvalue weighted by molar-refractivity contribution is 0.109. The molecule has 0 unspecified atom stereocenters. The summed E-state index contributed by atoms with van der Waals surface area (Å²) in [6.45, 7) is 3.19. The predicted molar refractivity (Wildman–Crippen MR) is 72.0 cm³/mol. The van der Waals surface area contributed by atoms with Crippen molar-refractivity contribution < 1.29 is 4.39 Å². The van der Waals surface area contributed by atoms with E-state index < -0.39 is 0 Å². The molecule has 3 rings (SSSR count). The van der Waals surface area contributed by atoms with Crippen LogP contribution < -0.4 is 0 Å². The van der Waals surface area contributed by atoms with Crippen LogP contribution in [0, 0.1) is 5.82 Å². The highest BCUT2D eigenvalue weighted by atomic mass is 19.1. The largest absolute Gasteiger partial charge is 0.293 e. The third-order valence-electron chi connectivity index (χ3n) is 4.74. The van der Waals surface area contributed by atoms with Gasteiger partial charge in [0.25, 0.3) is 0 Å². The van der Waals surface area contributed by atoms with Crippen molar-refractivity contribution in [1.82, 2.24) is 4.90 Å². The van der Waals surface area contributed by atoms with E-state index in [1.54, 1.807) is 6.07 Å². The van der Waals surface area contributed by atoms with Gasteiger partial charge in [0.15, 0.2) is 0 Å². The maximum Gasteiger partial charge on any atom is 0.126 e.